The first-order valence-corrected chi connectivity index (χ1v) is 8.32. The van der Waals surface area contributed by atoms with Crippen LogP contribution < -0.4 is 5.32 Å². The number of aliphatic hydroxyl groups is 1. The number of rotatable bonds is 7. The molecule has 2 rings (SSSR count). The first kappa shape index (κ1) is 18.0. The third-order valence-corrected chi connectivity index (χ3v) is 4.34. The van der Waals surface area contributed by atoms with E-state index >= 15 is 0 Å². The molecule has 0 fully saturated rings. The lowest BCUT2D eigenvalue weighted by atomic mass is 9.92. The molecule has 0 aromatic heterocycles. The molecule has 0 aliphatic carbocycles. The van der Waals surface area contributed by atoms with Crippen molar-refractivity contribution in [2.45, 2.75) is 25.3 Å². The maximum atomic E-state index is 12.2. The van der Waals surface area contributed by atoms with E-state index in [1.807, 2.05) is 43.3 Å². The van der Waals surface area contributed by atoms with Crippen LogP contribution >= 0.6 is 0 Å². The molecule has 0 radical (unpaired) electrons. The molecule has 0 spiro atoms. The van der Waals surface area contributed by atoms with Crippen molar-refractivity contribution in [3.63, 3.8) is 0 Å². The van der Waals surface area contributed by atoms with Crippen molar-refractivity contribution in [1.29, 1.82) is 0 Å². The summed E-state index contributed by atoms with van der Waals surface area (Å²) in [7, 11) is 1.70. The summed E-state index contributed by atoms with van der Waals surface area (Å²) in [6, 6.07) is 20.2. The van der Waals surface area contributed by atoms with Gasteiger partial charge < -0.3 is 15.3 Å². The summed E-state index contributed by atoms with van der Waals surface area (Å²) in [5.74, 6) is 0.204. The van der Waals surface area contributed by atoms with Gasteiger partial charge in [0.05, 0.1) is 12.6 Å². The minimum atomic E-state index is -0.200. The molecule has 2 aromatic carbocycles. The van der Waals surface area contributed by atoms with E-state index in [1.165, 1.54) is 16.0 Å². The van der Waals surface area contributed by atoms with Gasteiger partial charge in [-0.05, 0) is 24.5 Å². The molecule has 0 aliphatic rings. The highest BCUT2D eigenvalue weighted by Gasteiger charge is 2.18. The third-order valence-electron chi connectivity index (χ3n) is 4.34. The van der Waals surface area contributed by atoms with E-state index in [-0.39, 0.29) is 24.6 Å². The van der Waals surface area contributed by atoms with Crippen molar-refractivity contribution in [2.75, 3.05) is 20.2 Å². The summed E-state index contributed by atoms with van der Waals surface area (Å²) in [6.45, 7) is 2.33. The Bertz CT molecular complexity index is 616. The van der Waals surface area contributed by atoms with Crippen LogP contribution in [0.1, 0.15) is 24.0 Å². The van der Waals surface area contributed by atoms with E-state index in [0.717, 1.165) is 6.42 Å². The lowest BCUT2D eigenvalue weighted by molar-refractivity contribution is 0.157. The zero-order chi connectivity index (χ0) is 17.4. The number of benzene rings is 2. The molecule has 0 saturated carbocycles. The standard InChI is InChI=1S/C20H26N2O2/c1-16(15-23)22(2)20(24)21-14-19(18-11-7-4-8-12-18)13-17-9-5-3-6-10-17/h3-12,16,19,23H,13-15H2,1-2H3,(H,21,24). The smallest absolute Gasteiger partial charge is 0.317 e. The Balaban J connectivity index is 2.05. The second kappa shape index (κ2) is 9.08. The lowest BCUT2D eigenvalue weighted by Gasteiger charge is -2.25. The minimum absolute atomic E-state index is 0.0456. The molecular weight excluding hydrogens is 300 g/mol. The van der Waals surface area contributed by atoms with Gasteiger partial charge in [0.1, 0.15) is 0 Å². The molecule has 2 aromatic rings. The van der Waals surface area contributed by atoms with Gasteiger partial charge in [-0.25, -0.2) is 4.79 Å². The number of aliphatic hydroxyl groups excluding tert-OH is 1. The molecule has 128 valence electrons. The summed E-state index contributed by atoms with van der Waals surface area (Å²) in [5, 5.41) is 12.2. The molecule has 2 N–H and O–H groups in total. The number of amides is 2. The Hall–Kier alpha value is -2.33. The normalized spacial score (nSPS) is 13.1. The molecule has 4 nitrogen and oxygen atoms in total. The molecule has 2 amide bonds. The SMILES string of the molecule is CC(CO)N(C)C(=O)NCC(Cc1ccccc1)c1ccccc1. The summed E-state index contributed by atoms with van der Waals surface area (Å²) in [6.07, 6.45) is 0.865. The van der Waals surface area contributed by atoms with Crippen molar-refractivity contribution < 1.29 is 9.90 Å². The number of nitrogens with zero attached hydrogens (tertiary/aromatic N) is 1. The Morgan fingerprint density at radius 2 is 1.67 bits per heavy atom. The van der Waals surface area contributed by atoms with Gasteiger partial charge in [-0.1, -0.05) is 60.7 Å². The van der Waals surface area contributed by atoms with E-state index < -0.39 is 0 Å². The fraction of sp³-hybridized carbons (Fsp3) is 0.350. The molecule has 0 heterocycles. The van der Waals surface area contributed by atoms with E-state index in [2.05, 4.69) is 29.6 Å². The van der Waals surface area contributed by atoms with Crippen molar-refractivity contribution in [2.24, 2.45) is 0 Å². The van der Waals surface area contributed by atoms with Crippen LogP contribution in [0.2, 0.25) is 0 Å². The fourth-order valence-electron chi connectivity index (χ4n) is 2.59. The van der Waals surface area contributed by atoms with Gasteiger partial charge in [-0.3, -0.25) is 0 Å². The number of likely N-dealkylation sites (N-methyl/N-ethyl adjacent to an activating group) is 1. The van der Waals surface area contributed by atoms with Gasteiger partial charge in [0, 0.05) is 19.5 Å². The zero-order valence-corrected chi connectivity index (χ0v) is 14.4. The van der Waals surface area contributed by atoms with E-state index in [1.54, 1.807) is 7.05 Å². The Kier molecular flexibility index (Phi) is 6.82. The fourth-order valence-corrected chi connectivity index (χ4v) is 2.59. The number of hydrogen-bond acceptors (Lipinski definition) is 2. The quantitative estimate of drug-likeness (QED) is 0.822. The number of carbonyl (C=O) groups is 1. The first-order chi connectivity index (χ1) is 11.6. The van der Waals surface area contributed by atoms with Crippen LogP contribution in [-0.4, -0.2) is 42.3 Å². The Labute approximate surface area is 144 Å². The molecule has 0 aliphatic heterocycles. The van der Waals surface area contributed by atoms with E-state index in [0.29, 0.717) is 6.54 Å². The predicted octanol–water partition coefficient (Wildman–Crippen LogP) is 3.04. The topological polar surface area (TPSA) is 52.6 Å². The molecule has 2 atom stereocenters. The van der Waals surface area contributed by atoms with Crippen LogP contribution in [0, 0.1) is 0 Å². The average molecular weight is 326 g/mol. The summed E-state index contributed by atoms with van der Waals surface area (Å²) >= 11 is 0. The van der Waals surface area contributed by atoms with Gasteiger partial charge in [0.2, 0.25) is 0 Å². The minimum Gasteiger partial charge on any atom is -0.394 e. The average Bonchev–Trinajstić information content (AvgIpc) is 2.65. The monoisotopic (exact) mass is 326 g/mol. The second-order valence-corrected chi connectivity index (χ2v) is 6.13. The Morgan fingerprint density at radius 3 is 2.25 bits per heavy atom. The van der Waals surface area contributed by atoms with Crippen LogP contribution in [0.4, 0.5) is 4.79 Å². The van der Waals surface area contributed by atoms with Crippen molar-refractivity contribution >= 4 is 6.03 Å². The number of nitrogens with one attached hydrogen (secondary N) is 1. The van der Waals surface area contributed by atoms with Gasteiger partial charge in [0.25, 0.3) is 0 Å². The highest BCUT2D eigenvalue weighted by molar-refractivity contribution is 5.74. The number of carbonyl (C=O) groups excluding carboxylic acids is 1. The maximum Gasteiger partial charge on any atom is 0.317 e. The highest BCUT2D eigenvalue weighted by Crippen LogP contribution is 2.20. The Morgan fingerprint density at radius 1 is 1.08 bits per heavy atom. The lowest BCUT2D eigenvalue weighted by Crippen LogP contribution is -2.45. The molecule has 2 unspecified atom stereocenters. The van der Waals surface area contributed by atoms with Crippen LogP contribution in [0.25, 0.3) is 0 Å². The maximum absolute atomic E-state index is 12.2. The van der Waals surface area contributed by atoms with Gasteiger partial charge in [-0.15, -0.1) is 0 Å². The summed E-state index contributed by atoms with van der Waals surface area (Å²) < 4.78 is 0. The molecule has 24 heavy (non-hydrogen) atoms. The third kappa shape index (κ3) is 5.10. The van der Waals surface area contributed by atoms with Crippen LogP contribution in [0.15, 0.2) is 60.7 Å². The van der Waals surface area contributed by atoms with E-state index in [4.69, 9.17) is 0 Å². The van der Waals surface area contributed by atoms with E-state index in [9.17, 15) is 9.90 Å². The molecule has 0 saturated heterocycles. The van der Waals surface area contributed by atoms with Gasteiger partial charge >= 0.3 is 6.03 Å². The number of hydrogen-bond donors (Lipinski definition) is 2. The number of urea groups is 1. The summed E-state index contributed by atoms with van der Waals surface area (Å²) in [5.41, 5.74) is 2.46. The van der Waals surface area contributed by atoms with Crippen molar-refractivity contribution in [1.82, 2.24) is 10.2 Å². The molecule has 4 heteroatoms. The predicted molar refractivity (Wildman–Crippen MR) is 97.0 cm³/mol. The largest absolute Gasteiger partial charge is 0.394 e. The van der Waals surface area contributed by atoms with Crippen LogP contribution in [0.3, 0.4) is 0 Å². The van der Waals surface area contributed by atoms with Crippen LogP contribution in [-0.2, 0) is 6.42 Å². The zero-order valence-electron chi connectivity index (χ0n) is 14.4. The highest BCUT2D eigenvalue weighted by atomic mass is 16.3. The van der Waals surface area contributed by atoms with Crippen molar-refractivity contribution in [3.05, 3.63) is 71.8 Å². The van der Waals surface area contributed by atoms with Crippen LogP contribution in [0.5, 0.6) is 0 Å². The van der Waals surface area contributed by atoms with Gasteiger partial charge in [-0.2, -0.15) is 0 Å². The second-order valence-electron chi connectivity index (χ2n) is 6.13. The molecular formula is C20H26N2O2. The summed E-state index contributed by atoms with van der Waals surface area (Å²) in [4.78, 5) is 13.8. The van der Waals surface area contributed by atoms with Crippen molar-refractivity contribution in [3.8, 4) is 0 Å². The van der Waals surface area contributed by atoms with Gasteiger partial charge in [0.15, 0.2) is 0 Å². The molecule has 0 bridgehead atoms. The first-order valence-electron chi connectivity index (χ1n) is 8.32.